The number of hydrogen-bond donors (Lipinski definition) is 2. The van der Waals surface area contributed by atoms with E-state index in [-0.39, 0.29) is 0 Å². The molecule has 1 fully saturated rings. The van der Waals surface area contributed by atoms with E-state index in [9.17, 15) is 4.79 Å². The Bertz CT molecular complexity index is 1220. The highest BCUT2D eigenvalue weighted by Crippen LogP contribution is 2.45. The van der Waals surface area contributed by atoms with E-state index < -0.39 is 0 Å². The number of aromatic nitrogens is 2. The van der Waals surface area contributed by atoms with Crippen LogP contribution in [0.15, 0.2) is 82.9 Å². The number of nitrogens with one attached hydrogen (secondary N) is 2. The van der Waals surface area contributed by atoms with Gasteiger partial charge in [0.15, 0.2) is 5.82 Å². The summed E-state index contributed by atoms with van der Waals surface area (Å²) >= 11 is 1.78. The minimum absolute atomic E-state index is 0.365. The molecule has 6 heteroatoms. The number of carbonyl (C=O) groups excluding carboxylic acids is 1. The molecule has 32 heavy (non-hydrogen) atoms. The zero-order valence-electron chi connectivity index (χ0n) is 18.1. The van der Waals surface area contributed by atoms with Gasteiger partial charge in [-0.3, -0.25) is 9.48 Å². The third kappa shape index (κ3) is 4.36. The number of para-hydroxylation sites is 1. The highest BCUT2D eigenvalue weighted by Gasteiger charge is 2.21. The second-order valence-electron chi connectivity index (χ2n) is 8.37. The largest absolute Gasteiger partial charge is 0.354 e. The number of hydrogen-bond acceptors (Lipinski definition) is 5. The minimum Gasteiger partial charge on any atom is -0.354 e. The zero-order valence-corrected chi connectivity index (χ0v) is 18.9. The summed E-state index contributed by atoms with van der Waals surface area (Å²) in [4.78, 5) is 14.2. The number of benzene rings is 2. The van der Waals surface area contributed by atoms with Gasteiger partial charge in [-0.25, -0.2) is 0 Å². The van der Waals surface area contributed by atoms with Gasteiger partial charge < -0.3 is 10.6 Å². The summed E-state index contributed by atoms with van der Waals surface area (Å²) in [6.45, 7) is 4.34. The van der Waals surface area contributed by atoms with Crippen LogP contribution in [0.5, 0.6) is 0 Å². The van der Waals surface area contributed by atoms with Gasteiger partial charge in [-0.2, -0.15) is 5.10 Å². The van der Waals surface area contributed by atoms with Crippen LogP contribution in [0, 0.1) is 5.92 Å². The molecular weight excluding hydrogens is 416 g/mol. The molecule has 5 rings (SSSR count). The van der Waals surface area contributed by atoms with Gasteiger partial charge in [0.25, 0.3) is 0 Å². The molecule has 162 valence electrons. The minimum atomic E-state index is 0.365. The molecule has 0 unspecified atom stereocenters. The van der Waals surface area contributed by atoms with Crippen molar-refractivity contribution in [2.24, 2.45) is 13.0 Å². The number of allylic oxidation sites excluding steroid dienone is 2. The van der Waals surface area contributed by atoms with Crippen LogP contribution in [-0.4, -0.2) is 15.6 Å². The number of aryl methyl sites for hydroxylation is 1. The number of ketones is 1. The lowest BCUT2D eigenvalue weighted by molar-refractivity contribution is -0.120. The third-order valence-corrected chi connectivity index (χ3v) is 7.13. The maximum atomic E-state index is 11.7. The fraction of sp³-hybridized carbons (Fsp3) is 0.231. The van der Waals surface area contributed by atoms with Gasteiger partial charge >= 0.3 is 0 Å². The van der Waals surface area contributed by atoms with E-state index in [1.807, 2.05) is 19.3 Å². The maximum Gasteiger partial charge on any atom is 0.152 e. The highest BCUT2D eigenvalue weighted by atomic mass is 32.2. The van der Waals surface area contributed by atoms with E-state index in [2.05, 4.69) is 70.9 Å². The molecule has 0 radical (unpaired) electrons. The Kier molecular flexibility index (Phi) is 5.62. The smallest absolute Gasteiger partial charge is 0.152 e. The van der Waals surface area contributed by atoms with E-state index in [0.29, 0.717) is 24.5 Å². The van der Waals surface area contributed by atoms with Crippen molar-refractivity contribution >= 4 is 40.3 Å². The number of anilines is 3. The Morgan fingerprint density at radius 3 is 2.72 bits per heavy atom. The van der Waals surface area contributed by atoms with Crippen LogP contribution in [0.4, 0.5) is 17.2 Å². The van der Waals surface area contributed by atoms with Gasteiger partial charge in [-0.1, -0.05) is 42.6 Å². The lowest BCUT2D eigenvalue weighted by Crippen LogP contribution is -2.13. The van der Waals surface area contributed by atoms with E-state index in [1.54, 1.807) is 16.4 Å². The molecule has 1 aliphatic carbocycles. The van der Waals surface area contributed by atoms with Gasteiger partial charge in [0.1, 0.15) is 5.78 Å². The lowest BCUT2D eigenvalue weighted by Gasteiger charge is -2.23. The summed E-state index contributed by atoms with van der Waals surface area (Å²) in [5, 5.41) is 11.4. The summed E-state index contributed by atoms with van der Waals surface area (Å²) in [6, 6.07) is 16.8. The van der Waals surface area contributed by atoms with Crippen LogP contribution >= 0.6 is 11.8 Å². The molecule has 0 atom stereocenters. The first-order chi connectivity index (χ1) is 15.5. The van der Waals surface area contributed by atoms with Crippen molar-refractivity contribution in [1.29, 1.82) is 0 Å². The fourth-order valence-electron chi connectivity index (χ4n) is 4.25. The first kappa shape index (κ1) is 20.6. The molecule has 0 bridgehead atoms. The van der Waals surface area contributed by atoms with E-state index >= 15 is 0 Å². The van der Waals surface area contributed by atoms with E-state index in [1.165, 1.54) is 9.79 Å². The molecule has 0 spiro atoms. The zero-order chi connectivity index (χ0) is 22.1. The Labute approximate surface area is 192 Å². The highest BCUT2D eigenvalue weighted by molar-refractivity contribution is 7.99. The number of rotatable bonds is 5. The lowest BCUT2D eigenvalue weighted by atomic mass is 9.85. The second kappa shape index (κ2) is 8.71. The Morgan fingerprint density at radius 1 is 1.16 bits per heavy atom. The number of carbonyl (C=O) groups is 1. The number of fused-ring (bicyclic) bond motifs is 2. The van der Waals surface area contributed by atoms with Crippen molar-refractivity contribution in [3.63, 3.8) is 0 Å². The summed E-state index contributed by atoms with van der Waals surface area (Å²) in [6.07, 6.45) is 7.30. The summed E-state index contributed by atoms with van der Waals surface area (Å²) in [7, 11) is 1.90. The van der Waals surface area contributed by atoms with Crippen LogP contribution in [0.25, 0.3) is 5.57 Å². The molecule has 2 aromatic carbocycles. The Balaban J connectivity index is 1.47. The molecule has 2 aliphatic rings. The second-order valence-corrected chi connectivity index (χ2v) is 9.45. The predicted molar refractivity (Wildman–Crippen MR) is 131 cm³/mol. The Hall–Kier alpha value is -3.25. The molecule has 1 aromatic heterocycles. The van der Waals surface area contributed by atoms with Gasteiger partial charge in [-0.15, -0.1) is 0 Å². The summed E-state index contributed by atoms with van der Waals surface area (Å²) < 4.78 is 1.77. The van der Waals surface area contributed by atoms with Crippen molar-refractivity contribution in [2.75, 3.05) is 10.6 Å². The van der Waals surface area contributed by atoms with Gasteiger partial charge in [0, 0.05) is 53.2 Å². The molecule has 2 N–H and O–H groups in total. The molecule has 0 amide bonds. The first-order valence-electron chi connectivity index (χ1n) is 10.9. The van der Waals surface area contributed by atoms with E-state index in [4.69, 9.17) is 0 Å². The van der Waals surface area contributed by atoms with Gasteiger partial charge in [-0.05, 0) is 48.6 Å². The number of nitrogens with zero attached hydrogens (tertiary/aromatic N) is 2. The van der Waals surface area contributed by atoms with Crippen molar-refractivity contribution in [3.8, 4) is 0 Å². The maximum absolute atomic E-state index is 11.7. The van der Waals surface area contributed by atoms with Crippen molar-refractivity contribution in [1.82, 2.24) is 9.78 Å². The molecule has 1 aliphatic heterocycles. The van der Waals surface area contributed by atoms with Crippen LogP contribution in [0.3, 0.4) is 0 Å². The van der Waals surface area contributed by atoms with Crippen molar-refractivity contribution in [2.45, 2.75) is 35.5 Å². The van der Waals surface area contributed by atoms with Gasteiger partial charge in [0.05, 0.1) is 11.4 Å². The first-order valence-corrected chi connectivity index (χ1v) is 11.7. The van der Waals surface area contributed by atoms with E-state index in [0.717, 1.165) is 46.9 Å². The molecule has 3 aromatic rings. The molecule has 1 saturated carbocycles. The topological polar surface area (TPSA) is 59.0 Å². The molecular formula is C26H26N4OS. The summed E-state index contributed by atoms with van der Waals surface area (Å²) in [5.41, 5.74) is 5.19. The van der Waals surface area contributed by atoms with Crippen LogP contribution < -0.4 is 10.6 Å². The van der Waals surface area contributed by atoms with Crippen LogP contribution in [0.1, 0.15) is 31.2 Å². The summed E-state index contributed by atoms with van der Waals surface area (Å²) in [5.74, 6) is 1.50. The number of Topliss-reactive ketones (excluding diaryl/α,β-unsaturated/α-hetero) is 1. The SMILES string of the molecule is C=C(Nc1ccn(C)n1)/C(=C/C1CCC(=O)CC1)c1ccc2c(c1)Nc1ccccc1S2. The van der Waals surface area contributed by atoms with Crippen molar-refractivity contribution < 1.29 is 4.79 Å². The monoisotopic (exact) mass is 442 g/mol. The normalized spacial score (nSPS) is 16.2. The molecule has 2 heterocycles. The van der Waals surface area contributed by atoms with Gasteiger partial charge in [0.2, 0.25) is 0 Å². The average molecular weight is 443 g/mol. The van der Waals surface area contributed by atoms with Crippen molar-refractivity contribution in [3.05, 3.63) is 78.6 Å². The fourth-order valence-corrected chi connectivity index (χ4v) is 5.21. The third-order valence-electron chi connectivity index (χ3n) is 5.97. The Morgan fingerprint density at radius 2 is 1.94 bits per heavy atom. The standard InChI is InChI=1S/C26H26N4OS/c1-17(27-26-13-14-30(2)29-26)21(15-18-7-10-20(31)11-8-18)19-9-12-25-23(16-19)28-22-5-3-4-6-24(22)32-25/h3-6,9,12-16,18,28H,1,7-8,10-11H2,2H3,(H,27,29)/b21-15-. The predicted octanol–water partition coefficient (Wildman–Crippen LogP) is 6.40. The average Bonchev–Trinajstić information content (AvgIpc) is 3.21. The van der Waals surface area contributed by atoms with Crippen LogP contribution in [0.2, 0.25) is 0 Å². The molecule has 0 saturated heterocycles. The quantitative estimate of drug-likeness (QED) is 0.350. The van der Waals surface area contributed by atoms with Crippen LogP contribution in [-0.2, 0) is 11.8 Å². The molecule has 5 nitrogen and oxygen atoms in total.